The number of amidine groups is 1. The number of fused-ring (bicyclic) bond motifs is 2. The van der Waals surface area contributed by atoms with Crippen LogP contribution in [-0.4, -0.2) is 98.0 Å². The van der Waals surface area contributed by atoms with Gasteiger partial charge in [0.2, 0.25) is 0 Å². The van der Waals surface area contributed by atoms with Gasteiger partial charge in [0.15, 0.2) is 0 Å². The zero-order valence-electron chi connectivity index (χ0n) is 21.7. The fourth-order valence-electron chi connectivity index (χ4n) is 6.59. The largest absolute Gasteiger partial charge is 0.356 e. The Morgan fingerprint density at radius 1 is 0.800 bits per heavy atom. The third kappa shape index (κ3) is 5.61. The maximum atomic E-state index is 6.63. The van der Waals surface area contributed by atoms with Crippen LogP contribution in [0.15, 0.2) is 24.0 Å². The monoisotopic (exact) mass is 563 g/mol. The Balaban J connectivity index is 1.59. The van der Waals surface area contributed by atoms with E-state index >= 15 is 0 Å². The number of likely N-dealkylation sites (N-methyl/N-ethyl adjacent to an activating group) is 2. The van der Waals surface area contributed by atoms with E-state index in [0.717, 1.165) is 38.8 Å². The first-order chi connectivity index (χ1) is 16.8. The van der Waals surface area contributed by atoms with Gasteiger partial charge in [-0.15, -0.1) is 46.4 Å². The van der Waals surface area contributed by atoms with Crippen molar-refractivity contribution in [1.82, 2.24) is 14.7 Å². The summed E-state index contributed by atoms with van der Waals surface area (Å²) in [6.07, 6.45) is 15.4. The highest BCUT2D eigenvalue weighted by atomic mass is 35.5. The molecular formula is C27H43Cl4N4+. The van der Waals surface area contributed by atoms with Crippen LogP contribution in [0.1, 0.15) is 65.2 Å². The van der Waals surface area contributed by atoms with E-state index < -0.39 is 0 Å². The predicted molar refractivity (Wildman–Crippen MR) is 152 cm³/mol. The molecule has 4 aliphatic rings. The van der Waals surface area contributed by atoms with Crippen LogP contribution in [0, 0.1) is 0 Å². The minimum absolute atomic E-state index is 0.0398. The molecule has 2 saturated carbocycles. The molecule has 2 aliphatic heterocycles. The molecule has 0 radical (unpaired) electrons. The zero-order chi connectivity index (χ0) is 25.3. The molecule has 0 amide bonds. The van der Waals surface area contributed by atoms with E-state index in [2.05, 4.69) is 65.4 Å². The SMILES string of the molecule is CCCCN1C(/C=C/C=C2\N(C)C3CC(Cl)C(Cl)CC3N2CCCC)=[N+](C)C2CC(Cl)C(Cl)CC21. The van der Waals surface area contributed by atoms with Gasteiger partial charge >= 0.3 is 0 Å². The minimum Gasteiger partial charge on any atom is -0.356 e. The number of allylic oxidation sites excluding steroid dienone is 2. The van der Waals surface area contributed by atoms with E-state index in [9.17, 15) is 0 Å². The summed E-state index contributed by atoms with van der Waals surface area (Å²) in [6.45, 7) is 6.65. The number of hydrogen-bond donors (Lipinski definition) is 0. The van der Waals surface area contributed by atoms with Crippen molar-refractivity contribution < 1.29 is 4.58 Å². The maximum Gasteiger partial charge on any atom is 0.272 e. The molecule has 8 heteroatoms. The van der Waals surface area contributed by atoms with Crippen molar-refractivity contribution in [2.45, 2.75) is 111 Å². The first kappa shape index (κ1) is 27.7. The third-order valence-electron chi connectivity index (χ3n) is 8.64. The summed E-state index contributed by atoms with van der Waals surface area (Å²) in [4.78, 5) is 7.62. The Hall–Kier alpha value is -0.290. The van der Waals surface area contributed by atoms with Gasteiger partial charge in [-0.05, 0) is 31.8 Å². The molecule has 2 aliphatic carbocycles. The molecule has 3 fully saturated rings. The van der Waals surface area contributed by atoms with Gasteiger partial charge in [-0.2, -0.15) is 0 Å². The molecule has 198 valence electrons. The predicted octanol–water partition coefficient (Wildman–Crippen LogP) is 6.08. The second-order valence-corrected chi connectivity index (χ2v) is 13.1. The second-order valence-electron chi connectivity index (χ2n) is 10.8. The minimum atomic E-state index is 0.0398. The number of alkyl halides is 4. The van der Waals surface area contributed by atoms with Crippen LogP contribution in [-0.2, 0) is 0 Å². The molecule has 35 heavy (non-hydrogen) atoms. The average Bonchev–Trinajstić information content (AvgIpc) is 3.22. The van der Waals surface area contributed by atoms with Crippen LogP contribution in [0.4, 0.5) is 0 Å². The number of nitrogens with zero attached hydrogens (tertiary/aromatic N) is 4. The van der Waals surface area contributed by atoms with E-state index in [1.807, 2.05) is 0 Å². The van der Waals surface area contributed by atoms with Crippen molar-refractivity contribution in [3.63, 3.8) is 0 Å². The number of hydrogen-bond acceptors (Lipinski definition) is 3. The quantitative estimate of drug-likeness (QED) is 0.262. The summed E-state index contributed by atoms with van der Waals surface area (Å²) in [5, 5.41) is 0.163. The maximum absolute atomic E-state index is 6.63. The van der Waals surface area contributed by atoms with Gasteiger partial charge in [0.1, 0.15) is 17.9 Å². The summed E-state index contributed by atoms with van der Waals surface area (Å²) in [5.41, 5.74) is 0. The zero-order valence-corrected chi connectivity index (χ0v) is 24.7. The molecule has 0 bridgehead atoms. The second kappa shape index (κ2) is 12.0. The lowest BCUT2D eigenvalue weighted by Crippen LogP contribution is -2.48. The topological polar surface area (TPSA) is 12.7 Å². The van der Waals surface area contributed by atoms with Crippen LogP contribution < -0.4 is 0 Å². The van der Waals surface area contributed by atoms with Crippen molar-refractivity contribution in [3.05, 3.63) is 24.0 Å². The first-order valence-corrected chi connectivity index (χ1v) is 15.3. The van der Waals surface area contributed by atoms with Crippen molar-refractivity contribution >= 4 is 52.2 Å². The van der Waals surface area contributed by atoms with Gasteiger partial charge in [-0.25, -0.2) is 0 Å². The van der Waals surface area contributed by atoms with Crippen LogP contribution >= 0.6 is 46.4 Å². The van der Waals surface area contributed by atoms with Crippen molar-refractivity contribution in [2.75, 3.05) is 27.2 Å². The standard InChI is InChI=1S/C27H43Cl4N4/c1-5-7-12-34-24-16-20(30)18(28)14-22(24)32(3)26(34)10-9-11-27-33(4)23-15-19(29)21(31)17-25(23)35(27)13-8-6-2/h9-11,18-25H,5-8,12-17H2,1-4H3/q+1. The molecule has 0 spiro atoms. The lowest BCUT2D eigenvalue weighted by atomic mass is 9.89. The number of unbranched alkanes of at least 4 members (excludes halogenated alkanes) is 2. The molecule has 8 unspecified atom stereocenters. The van der Waals surface area contributed by atoms with Crippen molar-refractivity contribution in [2.24, 2.45) is 0 Å². The van der Waals surface area contributed by atoms with E-state index in [1.165, 1.54) is 37.3 Å². The van der Waals surface area contributed by atoms with E-state index in [0.29, 0.717) is 24.2 Å². The van der Waals surface area contributed by atoms with Crippen molar-refractivity contribution in [1.29, 1.82) is 0 Å². The van der Waals surface area contributed by atoms with Gasteiger partial charge in [0.25, 0.3) is 5.84 Å². The van der Waals surface area contributed by atoms with Crippen LogP contribution in [0.5, 0.6) is 0 Å². The number of halogens is 4. The Morgan fingerprint density at radius 3 is 1.97 bits per heavy atom. The van der Waals surface area contributed by atoms with Crippen LogP contribution in [0.3, 0.4) is 0 Å². The first-order valence-electron chi connectivity index (χ1n) is 13.6. The van der Waals surface area contributed by atoms with Gasteiger partial charge < -0.3 is 9.80 Å². The molecule has 0 aromatic rings. The summed E-state index contributed by atoms with van der Waals surface area (Å²) in [5.74, 6) is 2.58. The Labute approximate surface area is 232 Å². The fraction of sp³-hybridized carbons (Fsp3) is 0.815. The lowest BCUT2D eigenvalue weighted by molar-refractivity contribution is -0.533. The summed E-state index contributed by atoms with van der Waals surface area (Å²) in [6, 6.07) is 1.73. The Bertz CT molecular complexity index is 830. The molecule has 4 rings (SSSR count). The highest BCUT2D eigenvalue weighted by molar-refractivity contribution is 6.30. The van der Waals surface area contributed by atoms with Gasteiger partial charge in [-0.3, -0.25) is 9.48 Å². The molecule has 8 atom stereocenters. The van der Waals surface area contributed by atoms with E-state index in [1.54, 1.807) is 0 Å². The molecule has 0 aromatic carbocycles. The molecule has 0 N–H and O–H groups in total. The smallest absolute Gasteiger partial charge is 0.272 e. The number of rotatable bonds is 8. The Kier molecular flexibility index (Phi) is 9.55. The van der Waals surface area contributed by atoms with Gasteiger partial charge in [0, 0.05) is 32.5 Å². The summed E-state index contributed by atoms with van der Waals surface area (Å²) in [7, 11) is 4.44. The van der Waals surface area contributed by atoms with Crippen molar-refractivity contribution in [3.8, 4) is 0 Å². The summed E-state index contributed by atoms with van der Waals surface area (Å²) < 4.78 is 2.44. The van der Waals surface area contributed by atoms with Crippen LogP contribution in [0.25, 0.3) is 0 Å². The van der Waals surface area contributed by atoms with E-state index in [4.69, 9.17) is 46.4 Å². The third-order valence-corrected chi connectivity index (χ3v) is 10.8. The highest BCUT2D eigenvalue weighted by Gasteiger charge is 2.51. The lowest BCUT2D eigenvalue weighted by Gasteiger charge is -2.36. The summed E-state index contributed by atoms with van der Waals surface area (Å²) >= 11 is 26.5. The van der Waals surface area contributed by atoms with Crippen LogP contribution in [0.2, 0.25) is 0 Å². The normalized spacial score (nSPS) is 38.7. The fourth-order valence-corrected chi connectivity index (χ4v) is 7.74. The Morgan fingerprint density at radius 2 is 1.34 bits per heavy atom. The average molecular weight is 565 g/mol. The molecule has 0 aromatic heterocycles. The van der Waals surface area contributed by atoms with E-state index in [-0.39, 0.29) is 21.5 Å². The molecular weight excluding hydrogens is 522 g/mol. The van der Waals surface area contributed by atoms with Gasteiger partial charge in [0.05, 0.1) is 47.2 Å². The molecule has 4 nitrogen and oxygen atoms in total. The van der Waals surface area contributed by atoms with Gasteiger partial charge in [-0.1, -0.05) is 32.8 Å². The molecule has 1 saturated heterocycles. The molecule has 2 heterocycles. The highest BCUT2D eigenvalue weighted by Crippen LogP contribution is 2.41.